The van der Waals surface area contributed by atoms with E-state index in [9.17, 15) is 14.4 Å². The molecule has 0 bridgehead atoms. The molecule has 2 aromatic carbocycles. The van der Waals surface area contributed by atoms with Gasteiger partial charge in [-0.3, -0.25) is 19.0 Å². The van der Waals surface area contributed by atoms with Crippen LogP contribution in [0.4, 0.5) is 0 Å². The van der Waals surface area contributed by atoms with E-state index in [1.807, 2.05) is 54.3 Å². The van der Waals surface area contributed by atoms with Crippen molar-refractivity contribution in [1.82, 2.24) is 19.4 Å². The molecular formula is C35H42N4O4S. The number of aromatic nitrogens is 2. The second-order valence-electron chi connectivity index (χ2n) is 12.2. The number of ether oxygens (including phenoxy) is 1. The SMILES string of the molecule is CCOC(=O)Cc1ccc(CCN2CC(C(=O)N3CCc4nc(SC5CCCCC5)n(-c5ccccc5)c(=O)c4C3)C2)cc1. The monoisotopic (exact) mass is 614 g/mol. The molecule has 3 heterocycles. The van der Waals surface area contributed by atoms with Gasteiger partial charge in [0.2, 0.25) is 5.91 Å². The van der Waals surface area contributed by atoms with Gasteiger partial charge in [0, 0.05) is 37.8 Å². The maximum Gasteiger partial charge on any atom is 0.310 e. The summed E-state index contributed by atoms with van der Waals surface area (Å²) in [5, 5.41) is 1.28. The van der Waals surface area contributed by atoms with Gasteiger partial charge in [-0.25, -0.2) is 4.98 Å². The third-order valence-electron chi connectivity index (χ3n) is 9.05. The number of carbonyl (C=O) groups excluding carboxylic acids is 2. The first-order valence-corrected chi connectivity index (χ1v) is 17.0. The molecule has 0 radical (unpaired) electrons. The number of likely N-dealkylation sites (tertiary alicyclic amines) is 1. The van der Waals surface area contributed by atoms with Gasteiger partial charge in [0.05, 0.1) is 42.4 Å². The summed E-state index contributed by atoms with van der Waals surface area (Å²) < 4.78 is 6.81. The molecule has 0 spiro atoms. The van der Waals surface area contributed by atoms with E-state index in [0.29, 0.717) is 43.4 Å². The Kier molecular flexibility index (Phi) is 9.82. The number of para-hydroxylation sites is 1. The van der Waals surface area contributed by atoms with Crippen molar-refractivity contribution in [3.05, 3.63) is 87.3 Å². The highest BCUT2D eigenvalue weighted by molar-refractivity contribution is 7.99. The van der Waals surface area contributed by atoms with E-state index < -0.39 is 0 Å². The molecule has 0 atom stereocenters. The summed E-state index contributed by atoms with van der Waals surface area (Å²) in [6.45, 7) is 5.52. The quantitative estimate of drug-likeness (QED) is 0.239. The number of thioether (sulfide) groups is 1. The number of hydrogen-bond acceptors (Lipinski definition) is 7. The van der Waals surface area contributed by atoms with Crippen LogP contribution in [0.1, 0.15) is 61.4 Å². The van der Waals surface area contributed by atoms with Gasteiger partial charge in [-0.15, -0.1) is 0 Å². The van der Waals surface area contributed by atoms with E-state index in [4.69, 9.17) is 9.72 Å². The summed E-state index contributed by atoms with van der Waals surface area (Å²) in [5.74, 6) is -0.0965. The van der Waals surface area contributed by atoms with Crippen molar-refractivity contribution >= 4 is 23.6 Å². The molecule has 0 N–H and O–H groups in total. The van der Waals surface area contributed by atoms with Crippen LogP contribution in [0.5, 0.6) is 0 Å². The number of nitrogens with zero attached hydrogens (tertiary/aromatic N) is 4. The Hall–Kier alpha value is -3.43. The molecule has 1 aliphatic carbocycles. The lowest BCUT2D eigenvalue weighted by atomic mass is 9.95. The Bertz CT molecular complexity index is 1510. The molecule has 8 nitrogen and oxygen atoms in total. The van der Waals surface area contributed by atoms with Crippen LogP contribution in [0.2, 0.25) is 0 Å². The minimum atomic E-state index is -0.203. The second-order valence-corrected chi connectivity index (χ2v) is 13.5. The summed E-state index contributed by atoms with van der Waals surface area (Å²) in [6, 6.07) is 17.9. The lowest BCUT2D eigenvalue weighted by Gasteiger charge is -2.41. The third-order valence-corrected chi connectivity index (χ3v) is 10.3. The summed E-state index contributed by atoms with van der Waals surface area (Å²) in [5.41, 5.74) is 4.47. The number of hydrogen-bond donors (Lipinski definition) is 0. The van der Waals surface area contributed by atoms with Gasteiger partial charge < -0.3 is 14.5 Å². The normalized spacial score (nSPS) is 17.6. The Balaban J connectivity index is 1.07. The molecular weight excluding hydrogens is 572 g/mol. The second kappa shape index (κ2) is 14.1. The number of amides is 1. The van der Waals surface area contributed by atoms with Crippen LogP contribution in [0.15, 0.2) is 64.5 Å². The molecule has 1 amide bonds. The highest BCUT2D eigenvalue weighted by Crippen LogP contribution is 2.34. The lowest BCUT2D eigenvalue weighted by molar-refractivity contribution is -0.143. The van der Waals surface area contributed by atoms with Gasteiger partial charge in [-0.2, -0.15) is 0 Å². The maximum absolute atomic E-state index is 14.0. The molecule has 2 fully saturated rings. The van der Waals surface area contributed by atoms with Crippen molar-refractivity contribution in [1.29, 1.82) is 0 Å². The van der Waals surface area contributed by atoms with Gasteiger partial charge in [-0.05, 0) is 49.4 Å². The first-order valence-electron chi connectivity index (χ1n) is 16.1. The zero-order chi connectivity index (χ0) is 30.5. The fraction of sp³-hybridized carbons (Fsp3) is 0.486. The number of benzene rings is 2. The van der Waals surface area contributed by atoms with Crippen molar-refractivity contribution in [2.45, 2.75) is 75.2 Å². The predicted octanol–water partition coefficient (Wildman–Crippen LogP) is 4.82. The summed E-state index contributed by atoms with van der Waals surface area (Å²) >= 11 is 1.75. The van der Waals surface area contributed by atoms with Gasteiger partial charge in [0.25, 0.3) is 5.56 Å². The number of fused-ring (bicyclic) bond motifs is 1. The molecule has 1 aromatic heterocycles. The van der Waals surface area contributed by atoms with Crippen molar-refractivity contribution in [2.24, 2.45) is 5.92 Å². The number of rotatable bonds is 10. The predicted molar refractivity (Wildman–Crippen MR) is 172 cm³/mol. The molecule has 1 saturated heterocycles. The zero-order valence-corrected chi connectivity index (χ0v) is 26.4. The van der Waals surface area contributed by atoms with E-state index in [0.717, 1.165) is 61.0 Å². The highest BCUT2D eigenvalue weighted by atomic mass is 32.2. The minimum absolute atomic E-state index is 0.0334. The van der Waals surface area contributed by atoms with Crippen LogP contribution in [0.25, 0.3) is 5.69 Å². The Morgan fingerprint density at radius 1 is 0.977 bits per heavy atom. The van der Waals surface area contributed by atoms with E-state index >= 15 is 0 Å². The summed E-state index contributed by atoms with van der Waals surface area (Å²) in [7, 11) is 0. The lowest BCUT2D eigenvalue weighted by Crippen LogP contribution is -2.55. The fourth-order valence-corrected chi connectivity index (χ4v) is 7.84. The number of esters is 1. The van der Waals surface area contributed by atoms with E-state index in [2.05, 4.69) is 17.0 Å². The van der Waals surface area contributed by atoms with Gasteiger partial charge in [0.1, 0.15) is 0 Å². The zero-order valence-electron chi connectivity index (χ0n) is 25.6. The minimum Gasteiger partial charge on any atom is -0.466 e. The van der Waals surface area contributed by atoms with Gasteiger partial charge in [0.15, 0.2) is 5.16 Å². The molecule has 1 saturated carbocycles. The molecule has 0 unspecified atom stereocenters. The fourth-order valence-electron chi connectivity index (χ4n) is 6.52. The Morgan fingerprint density at radius 2 is 1.70 bits per heavy atom. The average Bonchev–Trinajstić information content (AvgIpc) is 3.02. The first kappa shape index (κ1) is 30.6. The van der Waals surface area contributed by atoms with Crippen LogP contribution in [0.3, 0.4) is 0 Å². The molecule has 44 heavy (non-hydrogen) atoms. The van der Waals surface area contributed by atoms with Crippen molar-refractivity contribution in [3.63, 3.8) is 0 Å². The Labute approximate surface area is 263 Å². The standard InChI is InChI=1S/C35H42N4O4S/c1-2-43-32(40)21-26-15-13-25(14-16-26)17-19-37-22-27(23-37)33(41)38-20-18-31-30(24-38)34(42)39(28-9-5-3-6-10-28)35(36-31)44-29-11-7-4-8-12-29/h3,5-6,9-10,13-16,27,29H,2,4,7-8,11-12,17-24H2,1H3. The summed E-state index contributed by atoms with van der Waals surface area (Å²) in [4.78, 5) is 48.5. The van der Waals surface area contributed by atoms with Gasteiger partial charge in [-0.1, -0.05) is 73.5 Å². The van der Waals surface area contributed by atoms with Crippen molar-refractivity contribution < 1.29 is 14.3 Å². The van der Waals surface area contributed by atoms with Crippen LogP contribution in [0, 0.1) is 5.92 Å². The molecule has 3 aromatic rings. The largest absolute Gasteiger partial charge is 0.466 e. The smallest absolute Gasteiger partial charge is 0.310 e. The van der Waals surface area contributed by atoms with Crippen molar-refractivity contribution in [2.75, 3.05) is 32.8 Å². The molecule has 232 valence electrons. The molecule has 6 rings (SSSR count). The molecule has 9 heteroatoms. The average molecular weight is 615 g/mol. The number of carbonyl (C=O) groups is 2. The van der Waals surface area contributed by atoms with Gasteiger partial charge >= 0.3 is 5.97 Å². The van der Waals surface area contributed by atoms with E-state index in [-0.39, 0.29) is 23.4 Å². The summed E-state index contributed by atoms with van der Waals surface area (Å²) in [6.07, 6.45) is 7.89. The highest BCUT2D eigenvalue weighted by Gasteiger charge is 2.37. The van der Waals surface area contributed by atoms with Crippen molar-refractivity contribution in [3.8, 4) is 5.69 Å². The molecule has 3 aliphatic rings. The van der Waals surface area contributed by atoms with E-state index in [1.54, 1.807) is 16.3 Å². The van der Waals surface area contributed by atoms with Crippen LogP contribution < -0.4 is 5.56 Å². The van der Waals surface area contributed by atoms with Crippen LogP contribution in [-0.2, 0) is 40.1 Å². The topological polar surface area (TPSA) is 84.7 Å². The van der Waals surface area contributed by atoms with E-state index in [1.165, 1.54) is 24.8 Å². The Morgan fingerprint density at radius 3 is 2.43 bits per heavy atom. The first-order chi connectivity index (χ1) is 21.5. The third kappa shape index (κ3) is 7.10. The van der Waals surface area contributed by atoms with Crippen LogP contribution in [-0.4, -0.2) is 69.3 Å². The van der Waals surface area contributed by atoms with Crippen LogP contribution >= 0.6 is 11.8 Å². The molecule has 2 aliphatic heterocycles. The maximum atomic E-state index is 14.0.